The maximum atomic E-state index is 12.5. The van der Waals surface area contributed by atoms with Crippen molar-refractivity contribution in [2.45, 2.75) is 50.8 Å². The van der Waals surface area contributed by atoms with Gasteiger partial charge < -0.3 is 10.1 Å². The number of amides is 1. The molecular formula is C23H26N4O2S. The third-order valence-electron chi connectivity index (χ3n) is 5.83. The predicted octanol–water partition coefficient (Wildman–Crippen LogP) is 4.54. The molecule has 1 aliphatic carbocycles. The Bertz CT molecular complexity index is 1020. The van der Waals surface area contributed by atoms with Crippen molar-refractivity contribution in [3.63, 3.8) is 0 Å². The van der Waals surface area contributed by atoms with Gasteiger partial charge in [0.1, 0.15) is 11.1 Å². The van der Waals surface area contributed by atoms with Crippen molar-refractivity contribution in [2.24, 2.45) is 0 Å². The summed E-state index contributed by atoms with van der Waals surface area (Å²) in [4.78, 5) is 15.0. The van der Waals surface area contributed by atoms with Crippen molar-refractivity contribution in [3.8, 4) is 0 Å². The summed E-state index contributed by atoms with van der Waals surface area (Å²) in [5.74, 6) is -0.00592. The Hall–Kier alpha value is -2.35. The van der Waals surface area contributed by atoms with Crippen molar-refractivity contribution in [2.75, 3.05) is 18.5 Å². The molecule has 1 unspecified atom stereocenters. The molecule has 7 heteroatoms. The predicted molar refractivity (Wildman–Crippen MR) is 118 cm³/mol. The van der Waals surface area contributed by atoms with Crippen molar-refractivity contribution < 1.29 is 9.53 Å². The first-order valence-electron chi connectivity index (χ1n) is 10.7. The molecule has 2 fully saturated rings. The van der Waals surface area contributed by atoms with Gasteiger partial charge in [-0.15, -0.1) is 10.2 Å². The average Bonchev–Trinajstić information content (AvgIpc) is 3.26. The fourth-order valence-electron chi connectivity index (χ4n) is 4.09. The molecule has 1 N–H and O–H groups in total. The Morgan fingerprint density at radius 2 is 2.00 bits per heavy atom. The average molecular weight is 423 g/mol. The van der Waals surface area contributed by atoms with Crippen LogP contribution in [0.25, 0.3) is 10.8 Å². The lowest BCUT2D eigenvalue weighted by Crippen LogP contribution is -2.29. The Morgan fingerprint density at radius 1 is 1.13 bits per heavy atom. The molecule has 0 radical (unpaired) electrons. The molecule has 2 aliphatic rings. The summed E-state index contributed by atoms with van der Waals surface area (Å²) < 4.78 is 5.65. The van der Waals surface area contributed by atoms with Crippen LogP contribution >= 0.6 is 11.3 Å². The minimum Gasteiger partial charge on any atom is -0.371 e. The zero-order chi connectivity index (χ0) is 20.3. The number of nitrogens with zero attached hydrogens (tertiary/aromatic N) is 3. The van der Waals surface area contributed by atoms with E-state index in [0.717, 1.165) is 37.5 Å². The molecule has 3 aromatic rings. The van der Waals surface area contributed by atoms with Crippen LogP contribution < -0.4 is 5.32 Å². The van der Waals surface area contributed by atoms with E-state index in [4.69, 9.17) is 4.74 Å². The summed E-state index contributed by atoms with van der Waals surface area (Å²) >= 11 is 1.42. The van der Waals surface area contributed by atoms with E-state index in [-0.39, 0.29) is 12.0 Å². The first-order valence-corrected chi connectivity index (χ1v) is 11.5. The smallest absolute Gasteiger partial charge is 0.227 e. The van der Waals surface area contributed by atoms with Gasteiger partial charge >= 0.3 is 0 Å². The van der Waals surface area contributed by atoms with Gasteiger partial charge in [0, 0.05) is 32.2 Å². The fraction of sp³-hybridized carbons (Fsp3) is 0.435. The highest BCUT2D eigenvalue weighted by Gasteiger charge is 2.29. The zero-order valence-corrected chi connectivity index (χ0v) is 17.7. The van der Waals surface area contributed by atoms with Crippen LogP contribution in [0.3, 0.4) is 0 Å². The number of carbonyl (C=O) groups excluding carboxylic acids is 1. The van der Waals surface area contributed by atoms with Gasteiger partial charge in [-0.05, 0) is 42.0 Å². The van der Waals surface area contributed by atoms with Gasteiger partial charge in [-0.1, -0.05) is 53.8 Å². The second-order valence-electron chi connectivity index (χ2n) is 8.09. The number of hydrogen-bond donors (Lipinski definition) is 1. The first kappa shape index (κ1) is 19.6. The highest BCUT2D eigenvalue weighted by molar-refractivity contribution is 7.15. The van der Waals surface area contributed by atoms with Gasteiger partial charge in [-0.3, -0.25) is 9.69 Å². The van der Waals surface area contributed by atoms with Crippen LogP contribution in [0.2, 0.25) is 0 Å². The number of rotatable bonds is 8. The standard InChI is InChI=1S/C23H26N4O2S/c28-21(24-23-26-25-22(30-23)20-9-4-14-29-20)12-13-27(18-10-11-18)15-17-7-3-6-16-5-1-2-8-19(16)17/h1-3,5-8,18,20H,4,9-15H2,(H,24,26,28). The summed E-state index contributed by atoms with van der Waals surface area (Å²) in [5, 5.41) is 15.2. The summed E-state index contributed by atoms with van der Waals surface area (Å²) in [6.45, 7) is 2.40. The number of aromatic nitrogens is 2. The van der Waals surface area contributed by atoms with E-state index in [2.05, 4.69) is 62.9 Å². The lowest BCUT2D eigenvalue weighted by atomic mass is 10.0. The molecule has 30 heavy (non-hydrogen) atoms. The Labute approximate surface area is 180 Å². The fourth-order valence-corrected chi connectivity index (χ4v) is 4.94. The molecule has 5 rings (SSSR count). The van der Waals surface area contributed by atoms with E-state index in [1.54, 1.807) is 0 Å². The van der Waals surface area contributed by atoms with Crippen molar-refractivity contribution in [1.82, 2.24) is 15.1 Å². The van der Waals surface area contributed by atoms with Crippen molar-refractivity contribution in [1.29, 1.82) is 0 Å². The lowest BCUT2D eigenvalue weighted by molar-refractivity contribution is -0.116. The second kappa shape index (κ2) is 8.79. The van der Waals surface area contributed by atoms with Crippen molar-refractivity contribution in [3.05, 3.63) is 53.0 Å². The Balaban J connectivity index is 1.19. The van der Waals surface area contributed by atoms with E-state index in [1.807, 2.05) is 0 Å². The molecule has 2 aromatic carbocycles. The van der Waals surface area contributed by atoms with Crippen LogP contribution in [0, 0.1) is 0 Å². The zero-order valence-electron chi connectivity index (χ0n) is 16.9. The highest BCUT2D eigenvalue weighted by atomic mass is 32.1. The lowest BCUT2D eigenvalue weighted by Gasteiger charge is -2.22. The van der Waals surface area contributed by atoms with Gasteiger partial charge in [-0.25, -0.2) is 0 Å². The molecule has 1 atom stereocenters. The Kier molecular flexibility index (Phi) is 5.75. The monoisotopic (exact) mass is 422 g/mol. The summed E-state index contributed by atoms with van der Waals surface area (Å²) in [6, 6.07) is 15.6. The van der Waals surface area contributed by atoms with Crippen LogP contribution in [-0.2, 0) is 16.1 Å². The van der Waals surface area contributed by atoms with Gasteiger partial charge in [-0.2, -0.15) is 0 Å². The van der Waals surface area contributed by atoms with Crippen LogP contribution in [0.4, 0.5) is 5.13 Å². The largest absolute Gasteiger partial charge is 0.371 e. The van der Waals surface area contributed by atoms with E-state index in [1.165, 1.54) is 40.5 Å². The molecule has 1 aliphatic heterocycles. The number of nitrogens with one attached hydrogen (secondary N) is 1. The molecule has 156 valence electrons. The van der Waals surface area contributed by atoms with Crippen molar-refractivity contribution >= 4 is 33.1 Å². The van der Waals surface area contributed by atoms with Gasteiger partial charge in [0.15, 0.2) is 0 Å². The van der Waals surface area contributed by atoms with Gasteiger partial charge in [0.25, 0.3) is 0 Å². The van der Waals surface area contributed by atoms with Gasteiger partial charge in [0.05, 0.1) is 0 Å². The van der Waals surface area contributed by atoms with E-state index in [9.17, 15) is 4.79 Å². The normalized spacial score (nSPS) is 18.9. The van der Waals surface area contributed by atoms with Gasteiger partial charge in [0.2, 0.25) is 11.0 Å². The highest BCUT2D eigenvalue weighted by Crippen LogP contribution is 2.32. The SMILES string of the molecule is O=C(CCN(Cc1cccc2ccccc12)C1CC1)Nc1nnc(C2CCCO2)s1. The first-order chi connectivity index (χ1) is 14.8. The Morgan fingerprint density at radius 3 is 2.83 bits per heavy atom. The second-order valence-corrected chi connectivity index (χ2v) is 9.09. The van der Waals surface area contributed by atoms with Crippen LogP contribution in [0.15, 0.2) is 42.5 Å². The molecular weight excluding hydrogens is 396 g/mol. The minimum atomic E-state index is -0.00592. The summed E-state index contributed by atoms with van der Waals surface area (Å²) in [7, 11) is 0. The molecule has 1 amide bonds. The number of anilines is 1. The van der Waals surface area contributed by atoms with Crippen LogP contribution in [-0.4, -0.2) is 40.2 Å². The molecule has 2 heterocycles. The number of ether oxygens (including phenoxy) is 1. The third kappa shape index (κ3) is 4.53. The van der Waals surface area contributed by atoms with Crippen LogP contribution in [0.1, 0.15) is 48.8 Å². The molecule has 6 nitrogen and oxygen atoms in total. The maximum Gasteiger partial charge on any atom is 0.227 e. The number of fused-ring (bicyclic) bond motifs is 1. The van der Waals surface area contributed by atoms with E-state index >= 15 is 0 Å². The molecule has 1 aromatic heterocycles. The number of benzene rings is 2. The molecule has 1 saturated heterocycles. The molecule has 1 saturated carbocycles. The number of carbonyl (C=O) groups is 1. The number of hydrogen-bond acceptors (Lipinski definition) is 6. The third-order valence-corrected chi connectivity index (χ3v) is 6.77. The minimum absolute atomic E-state index is 0.00592. The van der Waals surface area contributed by atoms with Crippen LogP contribution in [0.5, 0.6) is 0 Å². The summed E-state index contributed by atoms with van der Waals surface area (Å²) in [5.41, 5.74) is 1.32. The quantitative estimate of drug-likeness (QED) is 0.577. The van der Waals surface area contributed by atoms with E-state index in [0.29, 0.717) is 17.6 Å². The topological polar surface area (TPSA) is 67.4 Å². The summed E-state index contributed by atoms with van der Waals surface area (Å²) in [6.07, 6.45) is 4.96. The van der Waals surface area contributed by atoms with E-state index < -0.39 is 0 Å². The molecule has 0 spiro atoms. The molecule has 0 bridgehead atoms. The maximum absolute atomic E-state index is 12.5.